The van der Waals surface area contributed by atoms with Crippen LogP contribution in [0.25, 0.3) is 11.3 Å². The fraction of sp³-hybridized carbons (Fsp3) is 0.393. The third kappa shape index (κ3) is 8.87. The summed E-state index contributed by atoms with van der Waals surface area (Å²) in [4.78, 5) is 37.1. The van der Waals surface area contributed by atoms with E-state index in [2.05, 4.69) is 31.1 Å². The minimum atomic E-state index is -0.631. The molecule has 0 aliphatic carbocycles. The van der Waals surface area contributed by atoms with Gasteiger partial charge in [0.2, 0.25) is 17.8 Å². The Balaban J connectivity index is 1.60. The third-order valence-electron chi connectivity index (χ3n) is 5.96. The third-order valence-corrected chi connectivity index (χ3v) is 5.96. The van der Waals surface area contributed by atoms with Gasteiger partial charge in [-0.2, -0.15) is 4.98 Å². The Morgan fingerprint density at radius 2 is 1.98 bits per heavy atom. The lowest BCUT2D eigenvalue weighted by molar-refractivity contribution is -0.135. The van der Waals surface area contributed by atoms with Crippen LogP contribution in [0, 0.1) is 5.82 Å². The Kier molecular flexibility index (Phi) is 11.1. The second-order valence-electron chi connectivity index (χ2n) is 9.53. The Labute approximate surface area is 233 Å². The minimum Gasteiger partial charge on any atom is -0.369 e. The van der Waals surface area contributed by atoms with Gasteiger partial charge in [-0.05, 0) is 45.6 Å². The Hall–Kier alpha value is -4.32. The normalized spacial score (nSPS) is 12.0. The lowest BCUT2D eigenvalue weighted by Crippen LogP contribution is -2.45. The van der Waals surface area contributed by atoms with Gasteiger partial charge < -0.3 is 30.3 Å². The molecule has 40 heavy (non-hydrogen) atoms. The van der Waals surface area contributed by atoms with E-state index < -0.39 is 6.04 Å². The molecule has 1 atom stereocenters. The highest BCUT2D eigenvalue weighted by atomic mass is 19.1. The zero-order chi connectivity index (χ0) is 29.1. The predicted molar refractivity (Wildman–Crippen MR) is 153 cm³/mol. The molecule has 0 saturated carbocycles. The second kappa shape index (κ2) is 14.7. The molecule has 2 amide bonds. The standard InChI is InChI=1S/C28H37FN8O3/c1-6-13-30-26-23(18-32-28(34-26)33-21-10-7-9-20(29)16-21)24-17-22(35-40-24)12-14-31-27(39)19(2)37(5)25(38)11-8-15-36(3)4/h7-11,16-19H,6,12-15H2,1-5H3,(H,31,39)(H2,30,32,33,34). The molecule has 3 aromatic rings. The molecule has 214 valence electrons. The molecular weight excluding hydrogens is 515 g/mol. The summed E-state index contributed by atoms with van der Waals surface area (Å²) in [6.07, 6.45) is 6.15. The van der Waals surface area contributed by atoms with E-state index in [1.807, 2.05) is 25.9 Å². The van der Waals surface area contributed by atoms with E-state index in [1.54, 1.807) is 44.4 Å². The van der Waals surface area contributed by atoms with Gasteiger partial charge in [-0.1, -0.05) is 24.2 Å². The van der Waals surface area contributed by atoms with Crippen LogP contribution < -0.4 is 16.0 Å². The number of aromatic nitrogens is 3. The first kappa shape index (κ1) is 30.2. The summed E-state index contributed by atoms with van der Waals surface area (Å²) in [5.74, 6) is 0.465. The van der Waals surface area contributed by atoms with Gasteiger partial charge in [0.25, 0.3) is 0 Å². The number of nitrogens with one attached hydrogen (secondary N) is 3. The van der Waals surface area contributed by atoms with Crippen LogP contribution in [0.1, 0.15) is 26.0 Å². The van der Waals surface area contributed by atoms with Crippen molar-refractivity contribution in [3.63, 3.8) is 0 Å². The maximum Gasteiger partial charge on any atom is 0.246 e. The van der Waals surface area contributed by atoms with Crippen LogP contribution in [0.3, 0.4) is 0 Å². The fourth-order valence-corrected chi connectivity index (χ4v) is 3.56. The molecule has 0 fully saturated rings. The molecule has 1 unspecified atom stereocenters. The molecule has 0 bridgehead atoms. The molecule has 0 aliphatic heterocycles. The molecule has 11 nitrogen and oxygen atoms in total. The first-order valence-corrected chi connectivity index (χ1v) is 13.1. The highest BCUT2D eigenvalue weighted by Crippen LogP contribution is 2.28. The largest absolute Gasteiger partial charge is 0.369 e. The van der Waals surface area contributed by atoms with Gasteiger partial charge >= 0.3 is 0 Å². The lowest BCUT2D eigenvalue weighted by atomic mass is 10.2. The number of hydrogen-bond donors (Lipinski definition) is 3. The molecule has 1 aromatic carbocycles. The van der Waals surface area contributed by atoms with E-state index in [-0.39, 0.29) is 17.6 Å². The number of benzene rings is 1. The smallest absolute Gasteiger partial charge is 0.246 e. The van der Waals surface area contributed by atoms with Gasteiger partial charge in [0.1, 0.15) is 17.7 Å². The number of carbonyl (C=O) groups excluding carboxylic acids is 2. The van der Waals surface area contributed by atoms with Crippen molar-refractivity contribution in [1.82, 2.24) is 30.2 Å². The number of amides is 2. The Morgan fingerprint density at radius 1 is 1.18 bits per heavy atom. The van der Waals surface area contributed by atoms with E-state index >= 15 is 0 Å². The van der Waals surface area contributed by atoms with Gasteiger partial charge in [0.05, 0.1) is 11.3 Å². The van der Waals surface area contributed by atoms with E-state index in [0.717, 1.165) is 6.42 Å². The molecule has 2 heterocycles. The number of nitrogens with zero attached hydrogens (tertiary/aromatic N) is 5. The van der Waals surface area contributed by atoms with Gasteiger partial charge in [0, 0.05) is 57.1 Å². The van der Waals surface area contributed by atoms with E-state index in [0.29, 0.717) is 60.5 Å². The van der Waals surface area contributed by atoms with Gasteiger partial charge in [-0.25, -0.2) is 9.37 Å². The second-order valence-corrected chi connectivity index (χ2v) is 9.53. The van der Waals surface area contributed by atoms with Gasteiger partial charge in [-0.15, -0.1) is 0 Å². The number of halogens is 1. The summed E-state index contributed by atoms with van der Waals surface area (Å²) < 4.78 is 19.1. The predicted octanol–water partition coefficient (Wildman–Crippen LogP) is 3.46. The maximum atomic E-state index is 13.6. The molecule has 0 saturated heterocycles. The summed E-state index contributed by atoms with van der Waals surface area (Å²) in [6, 6.07) is 7.19. The first-order chi connectivity index (χ1) is 19.2. The van der Waals surface area contributed by atoms with Crippen LogP contribution in [-0.4, -0.2) is 83.6 Å². The summed E-state index contributed by atoms with van der Waals surface area (Å²) in [5, 5.41) is 13.2. The first-order valence-electron chi connectivity index (χ1n) is 13.1. The number of hydrogen-bond acceptors (Lipinski definition) is 9. The van der Waals surface area contributed by atoms with Crippen LogP contribution in [0.4, 0.5) is 21.8 Å². The van der Waals surface area contributed by atoms with Gasteiger partial charge in [-0.3, -0.25) is 9.59 Å². The highest BCUT2D eigenvalue weighted by Gasteiger charge is 2.21. The highest BCUT2D eigenvalue weighted by molar-refractivity contribution is 5.92. The number of rotatable bonds is 14. The molecule has 3 N–H and O–H groups in total. The van der Waals surface area contributed by atoms with Crippen molar-refractivity contribution in [1.29, 1.82) is 0 Å². The van der Waals surface area contributed by atoms with Crippen LogP contribution in [0.5, 0.6) is 0 Å². The molecule has 0 radical (unpaired) electrons. The SMILES string of the molecule is CCCNc1nc(Nc2cccc(F)c2)ncc1-c1cc(CCNC(=O)C(C)N(C)C(=O)C=CCN(C)C)no1. The fourth-order valence-electron chi connectivity index (χ4n) is 3.56. The zero-order valence-corrected chi connectivity index (χ0v) is 23.6. The average Bonchev–Trinajstić information content (AvgIpc) is 3.39. The number of likely N-dealkylation sites (N-methyl/N-ethyl adjacent to an activating group) is 2. The minimum absolute atomic E-state index is 0.238. The van der Waals surface area contributed by atoms with Crippen molar-refractivity contribution in [2.75, 3.05) is 51.4 Å². The van der Waals surface area contributed by atoms with Crippen molar-refractivity contribution >= 4 is 29.3 Å². The summed E-state index contributed by atoms with van der Waals surface area (Å²) in [6.45, 7) is 5.35. The van der Waals surface area contributed by atoms with Crippen molar-refractivity contribution in [2.45, 2.75) is 32.7 Å². The molecular formula is C28H37FN8O3. The number of carbonyl (C=O) groups is 2. The Morgan fingerprint density at radius 3 is 2.70 bits per heavy atom. The monoisotopic (exact) mass is 552 g/mol. The van der Waals surface area contributed by atoms with Crippen molar-refractivity contribution in [3.8, 4) is 11.3 Å². The molecule has 0 spiro atoms. The van der Waals surface area contributed by atoms with E-state index in [1.165, 1.54) is 23.1 Å². The molecule has 3 rings (SSSR count). The zero-order valence-electron chi connectivity index (χ0n) is 23.6. The van der Waals surface area contributed by atoms with E-state index in [4.69, 9.17) is 4.52 Å². The average molecular weight is 553 g/mol. The molecule has 12 heteroatoms. The van der Waals surface area contributed by atoms with Crippen LogP contribution in [0.2, 0.25) is 0 Å². The number of anilines is 3. The van der Waals surface area contributed by atoms with Crippen molar-refractivity contribution in [2.24, 2.45) is 0 Å². The maximum absolute atomic E-state index is 13.6. The van der Waals surface area contributed by atoms with Crippen molar-refractivity contribution in [3.05, 3.63) is 60.2 Å². The lowest BCUT2D eigenvalue weighted by Gasteiger charge is -2.22. The summed E-state index contributed by atoms with van der Waals surface area (Å²) in [5.41, 5.74) is 1.79. The molecule has 2 aromatic heterocycles. The summed E-state index contributed by atoms with van der Waals surface area (Å²) >= 11 is 0. The quantitative estimate of drug-likeness (QED) is 0.258. The molecule has 0 aliphatic rings. The van der Waals surface area contributed by atoms with Crippen molar-refractivity contribution < 1.29 is 18.5 Å². The summed E-state index contributed by atoms with van der Waals surface area (Å²) in [7, 11) is 5.42. The van der Waals surface area contributed by atoms with Crippen LogP contribution in [0.15, 0.2) is 53.2 Å². The van der Waals surface area contributed by atoms with Crippen LogP contribution in [-0.2, 0) is 16.0 Å². The van der Waals surface area contributed by atoms with Gasteiger partial charge in [0.15, 0.2) is 5.76 Å². The Bertz CT molecular complexity index is 1310. The van der Waals surface area contributed by atoms with E-state index in [9.17, 15) is 14.0 Å². The topological polar surface area (TPSA) is 129 Å². The van der Waals surface area contributed by atoms with Crippen LogP contribution >= 0.6 is 0 Å².